The third kappa shape index (κ3) is 5.13. The third-order valence-corrected chi connectivity index (χ3v) is 6.93. The Morgan fingerprint density at radius 2 is 1.77 bits per heavy atom. The van der Waals surface area contributed by atoms with Crippen molar-refractivity contribution in [3.05, 3.63) is 0 Å². The summed E-state index contributed by atoms with van der Waals surface area (Å²) < 4.78 is 0. The number of piperidine rings is 1. The molecular formula is C21H40N4O. The maximum absolute atomic E-state index is 10.4. The number of guanidine groups is 1. The number of aliphatic imine (C=N–C) groups is 1. The Hall–Kier alpha value is -0.810. The summed E-state index contributed by atoms with van der Waals surface area (Å²) in [4.78, 5) is 7.59. The van der Waals surface area contributed by atoms with Crippen LogP contribution >= 0.6 is 0 Å². The third-order valence-electron chi connectivity index (χ3n) is 6.93. The second-order valence-corrected chi connectivity index (χ2v) is 9.00. The minimum Gasteiger partial charge on any atom is -0.392 e. The molecule has 0 radical (unpaired) electrons. The fourth-order valence-corrected chi connectivity index (χ4v) is 5.02. The van der Waals surface area contributed by atoms with Crippen LogP contribution in [0.25, 0.3) is 0 Å². The second-order valence-electron chi connectivity index (χ2n) is 9.00. The topological polar surface area (TPSA) is 59.9 Å². The Kier molecular flexibility index (Phi) is 7.21. The molecule has 5 nitrogen and oxygen atoms in total. The molecule has 0 aromatic rings. The second kappa shape index (κ2) is 9.41. The van der Waals surface area contributed by atoms with Gasteiger partial charge in [0, 0.05) is 37.1 Å². The molecule has 0 spiro atoms. The van der Waals surface area contributed by atoms with Crippen molar-refractivity contribution in [2.45, 2.75) is 96.2 Å². The molecule has 0 amide bonds. The fourth-order valence-electron chi connectivity index (χ4n) is 5.02. The van der Waals surface area contributed by atoms with Gasteiger partial charge in [-0.1, -0.05) is 32.6 Å². The highest BCUT2D eigenvalue weighted by Gasteiger charge is 2.35. The molecule has 3 N–H and O–H groups in total. The van der Waals surface area contributed by atoms with Crippen molar-refractivity contribution in [3.63, 3.8) is 0 Å². The summed E-state index contributed by atoms with van der Waals surface area (Å²) in [7, 11) is 0. The van der Waals surface area contributed by atoms with Crippen LogP contribution in [0.3, 0.4) is 0 Å². The standard InChI is InChI=1S/C21H40N4O/c1-3-22-20(23-16-21(2)13-7-6-10-19(21)26)24-17-11-14-25(15-12-17)18-8-4-5-9-18/h17-19,26H,3-16H2,1-2H3,(H2,22,23,24). The highest BCUT2D eigenvalue weighted by atomic mass is 16.3. The fraction of sp³-hybridized carbons (Fsp3) is 0.952. The van der Waals surface area contributed by atoms with Crippen molar-refractivity contribution in [1.29, 1.82) is 0 Å². The smallest absolute Gasteiger partial charge is 0.191 e. The van der Waals surface area contributed by atoms with Gasteiger partial charge < -0.3 is 20.6 Å². The summed E-state index contributed by atoms with van der Waals surface area (Å²) in [6, 6.07) is 1.38. The molecule has 2 atom stereocenters. The van der Waals surface area contributed by atoms with Crippen molar-refractivity contribution >= 4 is 5.96 Å². The van der Waals surface area contributed by atoms with E-state index >= 15 is 0 Å². The minimum absolute atomic E-state index is 0.0631. The predicted molar refractivity (Wildman–Crippen MR) is 109 cm³/mol. The predicted octanol–water partition coefficient (Wildman–Crippen LogP) is 2.89. The van der Waals surface area contributed by atoms with E-state index in [0.717, 1.165) is 37.8 Å². The van der Waals surface area contributed by atoms with E-state index in [1.165, 1.54) is 58.0 Å². The molecule has 0 bridgehead atoms. The van der Waals surface area contributed by atoms with Gasteiger partial charge in [-0.05, 0) is 45.4 Å². The largest absolute Gasteiger partial charge is 0.392 e. The van der Waals surface area contributed by atoms with E-state index in [-0.39, 0.29) is 11.5 Å². The van der Waals surface area contributed by atoms with E-state index in [1.54, 1.807) is 0 Å². The van der Waals surface area contributed by atoms with E-state index in [1.807, 2.05) is 0 Å². The summed E-state index contributed by atoms with van der Waals surface area (Å²) >= 11 is 0. The lowest BCUT2D eigenvalue weighted by atomic mass is 9.73. The Bertz CT molecular complexity index is 455. The average Bonchev–Trinajstić information content (AvgIpc) is 3.18. The molecule has 3 aliphatic rings. The van der Waals surface area contributed by atoms with Crippen LogP contribution in [0.5, 0.6) is 0 Å². The molecule has 1 heterocycles. The van der Waals surface area contributed by atoms with Crippen molar-refractivity contribution in [3.8, 4) is 0 Å². The van der Waals surface area contributed by atoms with Crippen molar-refractivity contribution in [2.24, 2.45) is 10.4 Å². The quantitative estimate of drug-likeness (QED) is 0.519. The number of rotatable bonds is 5. The highest BCUT2D eigenvalue weighted by Crippen LogP contribution is 2.36. The number of aliphatic hydroxyl groups is 1. The monoisotopic (exact) mass is 364 g/mol. The zero-order valence-electron chi connectivity index (χ0n) is 17.0. The molecule has 0 aromatic carbocycles. The summed E-state index contributed by atoms with van der Waals surface area (Å²) in [6.07, 6.45) is 12.2. The Balaban J connectivity index is 1.50. The molecule has 1 saturated heterocycles. The van der Waals surface area contributed by atoms with Crippen LogP contribution in [0, 0.1) is 5.41 Å². The number of nitrogens with zero attached hydrogens (tertiary/aromatic N) is 2. The van der Waals surface area contributed by atoms with Gasteiger partial charge in [0.15, 0.2) is 5.96 Å². The zero-order valence-corrected chi connectivity index (χ0v) is 17.0. The van der Waals surface area contributed by atoms with Crippen LogP contribution in [0.4, 0.5) is 0 Å². The Morgan fingerprint density at radius 1 is 1.08 bits per heavy atom. The first-order chi connectivity index (χ1) is 12.6. The normalized spacial score (nSPS) is 32.7. The van der Waals surface area contributed by atoms with Gasteiger partial charge in [0.25, 0.3) is 0 Å². The van der Waals surface area contributed by atoms with Gasteiger partial charge in [0.1, 0.15) is 0 Å². The number of nitrogens with one attached hydrogen (secondary N) is 2. The molecule has 2 aliphatic carbocycles. The number of hydrogen-bond acceptors (Lipinski definition) is 3. The van der Waals surface area contributed by atoms with Crippen molar-refractivity contribution < 1.29 is 5.11 Å². The van der Waals surface area contributed by atoms with E-state index < -0.39 is 0 Å². The van der Waals surface area contributed by atoms with Crippen LogP contribution in [0.15, 0.2) is 4.99 Å². The lowest BCUT2D eigenvalue weighted by Gasteiger charge is -2.38. The van der Waals surface area contributed by atoms with Crippen molar-refractivity contribution in [1.82, 2.24) is 15.5 Å². The Morgan fingerprint density at radius 3 is 2.42 bits per heavy atom. The number of likely N-dealkylation sites (tertiary alicyclic amines) is 1. The van der Waals surface area contributed by atoms with Gasteiger partial charge in [-0.15, -0.1) is 0 Å². The summed E-state index contributed by atoms with van der Waals surface area (Å²) in [5.41, 5.74) is -0.0631. The molecule has 3 fully saturated rings. The van der Waals surface area contributed by atoms with Gasteiger partial charge in [0.2, 0.25) is 0 Å². The molecule has 5 heteroatoms. The maximum atomic E-state index is 10.4. The van der Waals surface area contributed by atoms with Crippen LogP contribution in [-0.4, -0.2) is 60.3 Å². The summed E-state index contributed by atoms with van der Waals surface area (Å²) in [5.74, 6) is 0.936. The molecule has 150 valence electrons. The SMILES string of the molecule is CCNC(=NCC1(C)CCCCC1O)NC1CCN(C2CCCC2)CC1. The van der Waals surface area contributed by atoms with E-state index in [9.17, 15) is 5.11 Å². The lowest BCUT2D eigenvalue weighted by molar-refractivity contribution is 0.00714. The molecule has 3 rings (SSSR count). The molecular weight excluding hydrogens is 324 g/mol. The van der Waals surface area contributed by atoms with Gasteiger partial charge >= 0.3 is 0 Å². The molecule has 2 unspecified atom stereocenters. The van der Waals surface area contributed by atoms with E-state index in [0.29, 0.717) is 12.6 Å². The van der Waals surface area contributed by atoms with E-state index in [4.69, 9.17) is 4.99 Å². The van der Waals surface area contributed by atoms with Crippen LogP contribution < -0.4 is 10.6 Å². The first-order valence-electron chi connectivity index (χ1n) is 11.1. The van der Waals surface area contributed by atoms with Crippen LogP contribution in [-0.2, 0) is 0 Å². The van der Waals surface area contributed by atoms with Crippen LogP contribution in [0.1, 0.15) is 78.1 Å². The molecule has 26 heavy (non-hydrogen) atoms. The van der Waals surface area contributed by atoms with Gasteiger partial charge in [-0.25, -0.2) is 0 Å². The molecule has 0 aromatic heterocycles. The average molecular weight is 365 g/mol. The molecule has 2 saturated carbocycles. The van der Waals surface area contributed by atoms with Gasteiger partial charge in [-0.2, -0.15) is 0 Å². The van der Waals surface area contributed by atoms with Crippen molar-refractivity contribution in [2.75, 3.05) is 26.2 Å². The van der Waals surface area contributed by atoms with Gasteiger partial charge in [0.05, 0.1) is 12.6 Å². The van der Waals surface area contributed by atoms with Crippen LogP contribution in [0.2, 0.25) is 0 Å². The first kappa shape index (κ1) is 19.9. The lowest BCUT2D eigenvalue weighted by Crippen LogP contribution is -2.50. The van der Waals surface area contributed by atoms with E-state index in [2.05, 4.69) is 29.4 Å². The highest BCUT2D eigenvalue weighted by molar-refractivity contribution is 5.80. The summed E-state index contributed by atoms with van der Waals surface area (Å²) in [5, 5.41) is 17.5. The number of hydrogen-bond donors (Lipinski definition) is 3. The maximum Gasteiger partial charge on any atom is 0.191 e. The number of aliphatic hydroxyl groups excluding tert-OH is 1. The minimum atomic E-state index is -0.211. The summed E-state index contributed by atoms with van der Waals surface area (Å²) in [6.45, 7) is 8.35. The van der Waals surface area contributed by atoms with Gasteiger partial charge in [-0.3, -0.25) is 4.99 Å². The zero-order chi connectivity index (χ0) is 18.4. The molecule has 1 aliphatic heterocycles. The first-order valence-corrected chi connectivity index (χ1v) is 11.1. The Labute approximate surface area is 160 Å².